The van der Waals surface area contributed by atoms with E-state index in [0.29, 0.717) is 17.8 Å². The molecule has 4 nitrogen and oxygen atoms in total. The molecule has 0 saturated heterocycles. The Morgan fingerprint density at radius 2 is 2.00 bits per heavy atom. The molecule has 0 bridgehead atoms. The Hall–Kier alpha value is -1.16. The van der Waals surface area contributed by atoms with Gasteiger partial charge in [-0.1, -0.05) is 20.3 Å². The van der Waals surface area contributed by atoms with Crippen molar-refractivity contribution in [1.29, 1.82) is 0 Å². The monoisotopic (exact) mass is 252 g/mol. The fraction of sp³-hybridized carbons (Fsp3) is 0.714. The Morgan fingerprint density at radius 3 is 2.50 bits per heavy atom. The Kier molecular flexibility index (Phi) is 5.08. The van der Waals surface area contributed by atoms with Crippen molar-refractivity contribution >= 4 is 5.78 Å². The van der Waals surface area contributed by atoms with Crippen molar-refractivity contribution in [2.24, 2.45) is 0 Å². The zero-order valence-electron chi connectivity index (χ0n) is 11.8. The zero-order chi connectivity index (χ0) is 13.8. The zero-order valence-corrected chi connectivity index (χ0v) is 11.8. The molecular formula is C14H24N2O2. The first kappa shape index (κ1) is 14.9. The summed E-state index contributed by atoms with van der Waals surface area (Å²) in [6, 6.07) is 0. The van der Waals surface area contributed by atoms with Crippen LogP contribution in [0.3, 0.4) is 0 Å². The normalized spacial score (nSPS) is 11.8. The van der Waals surface area contributed by atoms with E-state index < -0.39 is 5.60 Å². The predicted octanol–water partition coefficient (Wildman–Crippen LogP) is 2.96. The van der Waals surface area contributed by atoms with Crippen LogP contribution < -0.4 is 0 Å². The Labute approximate surface area is 109 Å². The second kappa shape index (κ2) is 6.14. The Bertz CT molecular complexity index is 402. The molecule has 0 saturated carbocycles. The van der Waals surface area contributed by atoms with Crippen LogP contribution in [0, 0.1) is 0 Å². The number of nitrogens with zero attached hydrogens (tertiary/aromatic N) is 1. The molecule has 0 aliphatic heterocycles. The topological polar surface area (TPSA) is 66.0 Å². The highest BCUT2D eigenvalue weighted by Gasteiger charge is 2.27. The number of hydrogen-bond acceptors (Lipinski definition) is 3. The molecule has 0 amide bonds. The van der Waals surface area contributed by atoms with Crippen LogP contribution in [0.25, 0.3) is 0 Å². The van der Waals surface area contributed by atoms with E-state index in [4.69, 9.17) is 0 Å². The van der Waals surface area contributed by atoms with Gasteiger partial charge in [-0.2, -0.15) is 0 Å². The highest BCUT2D eigenvalue weighted by Crippen LogP contribution is 2.23. The highest BCUT2D eigenvalue weighted by molar-refractivity contribution is 5.95. The van der Waals surface area contributed by atoms with Crippen LogP contribution >= 0.6 is 0 Å². The van der Waals surface area contributed by atoms with E-state index in [1.807, 2.05) is 0 Å². The van der Waals surface area contributed by atoms with Gasteiger partial charge in [0.05, 0.1) is 5.69 Å². The van der Waals surface area contributed by atoms with Gasteiger partial charge in [-0.3, -0.25) is 4.79 Å². The number of carbonyl (C=O) groups is 1. The average Bonchev–Trinajstić information content (AvgIpc) is 2.70. The number of ketones is 1. The van der Waals surface area contributed by atoms with Crippen LogP contribution in [0.5, 0.6) is 0 Å². The molecule has 1 aromatic heterocycles. The van der Waals surface area contributed by atoms with Crippen molar-refractivity contribution in [1.82, 2.24) is 9.97 Å². The molecule has 2 N–H and O–H groups in total. The third-order valence-electron chi connectivity index (χ3n) is 2.87. The van der Waals surface area contributed by atoms with Gasteiger partial charge in [0.15, 0.2) is 5.78 Å². The maximum atomic E-state index is 12.1. The van der Waals surface area contributed by atoms with E-state index in [0.717, 1.165) is 31.5 Å². The van der Waals surface area contributed by atoms with Crippen LogP contribution in [-0.4, -0.2) is 20.9 Å². The maximum Gasteiger partial charge on any atom is 0.183 e. The molecular weight excluding hydrogens is 228 g/mol. The van der Waals surface area contributed by atoms with Crippen LogP contribution in [0.1, 0.15) is 75.4 Å². The number of aromatic nitrogens is 2. The molecule has 18 heavy (non-hydrogen) atoms. The number of rotatable bonds is 7. The van der Waals surface area contributed by atoms with Crippen molar-refractivity contribution < 1.29 is 9.90 Å². The van der Waals surface area contributed by atoms with Crippen molar-refractivity contribution in [3.05, 3.63) is 17.2 Å². The van der Waals surface area contributed by atoms with Gasteiger partial charge in [-0.25, -0.2) is 4.98 Å². The molecule has 102 valence electrons. The van der Waals surface area contributed by atoms with E-state index in [1.54, 1.807) is 13.8 Å². The van der Waals surface area contributed by atoms with E-state index in [1.165, 1.54) is 0 Å². The molecule has 1 heterocycles. The summed E-state index contributed by atoms with van der Waals surface area (Å²) in [6.45, 7) is 7.46. The lowest BCUT2D eigenvalue weighted by atomic mass is 10.00. The first-order valence-corrected chi connectivity index (χ1v) is 6.75. The number of nitrogens with one attached hydrogen (secondary N) is 1. The quantitative estimate of drug-likeness (QED) is 0.733. The number of imidazole rings is 1. The summed E-state index contributed by atoms with van der Waals surface area (Å²) in [5, 5.41) is 10.1. The summed E-state index contributed by atoms with van der Waals surface area (Å²) < 4.78 is 0. The lowest BCUT2D eigenvalue weighted by molar-refractivity contribution is 0.0711. The second-order valence-electron chi connectivity index (χ2n) is 5.24. The van der Waals surface area contributed by atoms with Crippen molar-refractivity contribution in [3.63, 3.8) is 0 Å². The van der Waals surface area contributed by atoms with Gasteiger partial charge in [0.25, 0.3) is 0 Å². The number of Topliss-reactive ketones (excluding diaryl/α,β-unsaturated/α-hetero) is 1. The van der Waals surface area contributed by atoms with Crippen molar-refractivity contribution in [3.8, 4) is 0 Å². The largest absolute Gasteiger partial charge is 0.384 e. The van der Waals surface area contributed by atoms with Crippen LogP contribution in [-0.2, 0) is 12.0 Å². The smallest absolute Gasteiger partial charge is 0.183 e. The fourth-order valence-electron chi connectivity index (χ4n) is 1.88. The second-order valence-corrected chi connectivity index (χ2v) is 5.24. The molecule has 0 fully saturated rings. The van der Waals surface area contributed by atoms with Crippen molar-refractivity contribution in [2.45, 2.75) is 65.4 Å². The molecule has 0 spiro atoms. The first-order chi connectivity index (χ1) is 8.40. The maximum absolute atomic E-state index is 12.1. The van der Waals surface area contributed by atoms with Gasteiger partial charge in [0.2, 0.25) is 0 Å². The Morgan fingerprint density at radius 1 is 1.33 bits per heavy atom. The van der Waals surface area contributed by atoms with Crippen LogP contribution in [0.2, 0.25) is 0 Å². The SMILES string of the molecule is CCCCC(=O)c1nc(CCC)[nH]c1C(C)(C)O. The summed E-state index contributed by atoms with van der Waals surface area (Å²) in [5.74, 6) is 0.807. The lowest BCUT2D eigenvalue weighted by Gasteiger charge is -2.16. The van der Waals surface area contributed by atoms with Gasteiger partial charge in [0.1, 0.15) is 17.1 Å². The Balaban J connectivity index is 3.03. The first-order valence-electron chi connectivity index (χ1n) is 6.75. The average molecular weight is 252 g/mol. The number of aliphatic hydroxyl groups is 1. The van der Waals surface area contributed by atoms with E-state index in [-0.39, 0.29) is 5.78 Å². The summed E-state index contributed by atoms with van der Waals surface area (Å²) in [7, 11) is 0. The standard InChI is InChI=1S/C14H24N2O2/c1-5-7-9-10(17)12-13(14(3,4)18)16-11(15-12)8-6-2/h18H,5-9H2,1-4H3,(H,15,16). The van der Waals surface area contributed by atoms with Gasteiger partial charge >= 0.3 is 0 Å². The van der Waals surface area contributed by atoms with Crippen molar-refractivity contribution in [2.75, 3.05) is 0 Å². The van der Waals surface area contributed by atoms with Gasteiger partial charge in [-0.15, -0.1) is 0 Å². The molecule has 1 aromatic rings. The minimum atomic E-state index is -1.06. The summed E-state index contributed by atoms with van der Waals surface area (Å²) in [6.07, 6.45) is 4.09. The van der Waals surface area contributed by atoms with Crippen LogP contribution in [0.4, 0.5) is 0 Å². The molecule has 0 aromatic carbocycles. The number of aryl methyl sites for hydroxylation is 1. The van der Waals surface area contributed by atoms with Gasteiger partial charge in [0, 0.05) is 12.8 Å². The summed E-state index contributed by atoms with van der Waals surface area (Å²) in [5.41, 5.74) is -0.0950. The van der Waals surface area contributed by atoms with E-state index in [2.05, 4.69) is 23.8 Å². The molecule has 0 unspecified atom stereocenters. The minimum absolute atomic E-state index is 0.0209. The highest BCUT2D eigenvalue weighted by atomic mass is 16.3. The van der Waals surface area contributed by atoms with Gasteiger partial charge in [-0.05, 0) is 26.7 Å². The number of carbonyl (C=O) groups excluding carboxylic acids is 1. The van der Waals surface area contributed by atoms with E-state index in [9.17, 15) is 9.90 Å². The molecule has 0 aliphatic rings. The van der Waals surface area contributed by atoms with Crippen LogP contribution in [0.15, 0.2) is 0 Å². The molecule has 4 heteroatoms. The third kappa shape index (κ3) is 3.67. The molecule has 0 radical (unpaired) electrons. The fourth-order valence-corrected chi connectivity index (χ4v) is 1.88. The number of H-pyrrole nitrogens is 1. The molecule has 1 rings (SSSR count). The molecule has 0 atom stereocenters. The van der Waals surface area contributed by atoms with E-state index >= 15 is 0 Å². The predicted molar refractivity (Wildman–Crippen MR) is 71.7 cm³/mol. The summed E-state index contributed by atoms with van der Waals surface area (Å²) in [4.78, 5) is 19.5. The number of aromatic amines is 1. The molecule has 0 aliphatic carbocycles. The lowest BCUT2D eigenvalue weighted by Crippen LogP contribution is -2.20. The minimum Gasteiger partial charge on any atom is -0.384 e. The number of hydrogen-bond donors (Lipinski definition) is 2. The number of unbranched alkanes of at least 4 members (excludes halogenated alkanes) is 1. The van der Waals surface area contributed by atoms with Gasteiger partial charge < -0.3 is 10.1 Å². The third-order valence-corrected chi connectivity index (χ3v) is 2.87. The summed E-state index contributed by atoms with van der Waals surface area (Å²) >= 11 is 0.